The minimum Gasteiger partial charge on any atom is -0.468 e. The third-order valence-corrected chi connectivity index (χ3v) is 7.15. The lowest BCUT2D eigenvalue weighted by Gasteiger charge is -2.28. The molecule has 1 saturated heterocycles. The van der Waals surface area contributed by atoms with Crippen LogP contribution in [0.25, 0.3) is 0 Å². The van der Waals surface area contributed by atoms with Gasteiger partial charge in [0.1, 0.15) is 24.1 Å². The highest BCUT2D eigenvalue weighted by Gasteiger charge is 2.47. The summed E-state index contributed by atoms with van der Waals surface area (Å²) < 4.78 is 36.6. The zero-order valence-corrected chi connectivity index (χ0v) is 20.0. The number of carbonyl (C=O) groups excluding carboxylic acids is 1. The van der Waals surface area contributed by atoms with Gasteiger partial charge in [-0.05, 0) is 26.0 Å². The number of hydrogen-bond acceptors (Lipinski definition) is 9. The number of nitrogens with one attached hydrogen (secondary N) is 2. The van der Waals surface area contributed by atoms with Crippen molar-refractivity contribution in [3.63, 3.8) is 0 Å². The quantitative estimate of drug-likeness (QED) is 0.339. The number of hydrogen-bond donors (Lipinski definition) is 3. The molecule has 0 bridgehead atoms. The maximum atomic E-state index is 13.6. The van der Waals surface area contributed by atoms with Crippen molar-refractivity contribution < 1.29 is 33.0 Å². The summed E-state index contributed by atoms with van der Waals surface area (Å²) in [6.45, 7) is 4.61. The van der Waals surface area contributed by atoms with Crippen LogP contribution in [0.15, 0.2) is 52.2 Å². The zero-order chi connectivity index (χ0) is 25.0. The smallest absolute Gasteiger partial charge is 0.459 e. The van der Waals surface area contributed by atoms with E-state index >= 15 is 0 Å². The lowest BCUT2D eigenvalue weighted by atomic mass is 9.99. The second kappa shape index (κ2) is 10.7. The molecule has 13 heteroatoms. The Morgan fingerprint density at radius 3 is 2.53 bits per heavy atom. The second-order valence-electron chi connectivity index (χ2n) is 7.94. The van der Waals surface area contributed by atoms with Crippen LogP contribution < -0.4 is 20.9 Å². The van der Waals surface area contributed by atoms with Gasteiger partial charge in [0, 0.05) is 18.2 Å². The van der Waals surface area contributed by atoms with E-state index in [-0.39, 0.29) is 5.75 Å². The van der Waals surface area contributed by atoms with Crippen LogP contribution >= 0.6 is 7.75 Å². The number of benzene rings is 1. The monoisotopic (exact) mass is 497 g/mol. The van der Waals surface area contributed by atoms with Gasteiger partial charge >= 0.3 is 19.4 Å². The van der Waals surface area contributed by atoms with Gasteiger partial charge in [-0.2, -0.15) is 5.09 Å². The molecule has 3 rings (SSSR count). The summed E-state index contributed by atoms with van der Waals surface area (Å²) in [6, 6.07) is 8.34. The molecule has 1 aliphatic rings. The van der Waals surface area contributed by atoms with Crippen molar-refractivity contribution in [2.75, 3.05) is 7.11 Å². The number of aliphatic hydroxyl groups excluding tert-OH is 1. The van der Waals surface area contributed by atoms with Crippen LogP contribution in [-0.4, -0.2) is 52.1 Å². The highest BCUT2D eigenvalue weighted by atomic mass is 31.2. The van der Waals surface area contributed by atoms with Crippen molar-refractivity contribution in [1.82, 2.24) is 14.6 Å². The molecule has 2 aromatic rings. The molecule has 0 amide bonds. The van der Waals surface area contributed by atoms with Gasteiger partial charge in [0.15, 0.2) is 0 Å². The number of aromatic amines is 1. The van der Waals surface area contributed by atoms with E-state index in [1.165, 1.54) is 27.2 Å². The Morgan fingerprint density at radius 2 is 1.91 bits per heavy atom. The van der Waals surface area contributed by atoms with Gasteiger partial charge in [0.25, 0.3) is 5.56 Å². The van der Waals surface area contributed by atoms with E-state index in [2.05, 4.69) is 14.8 Å². The predicted octanol–water partition coefficient (Wildman–Crippen LogP) is 1.17. The van der Waals surface area contributed by atoms with Crippen molar-refractivity contribution >= 4 is 13.7 Å². The Hall–Kier alpha value is -2.76. The van der Waals surface area contributed by atoms with Crippen LogP contribution in [0, 0.1) is 5.92 Å². The summed E-state index contributed by atoms with van der Waals surface area (Å²) in [6.07, 6.45) is -2.77. The Labute approximate surface area is 195 Å². The van der Waals surface area contributed by atoms with Crippen molar-refractivity contribution in [2.24, 2.45) is 5.92 Å². The molecule has 1 aliphatic heterocycles. The number of para-hydroxylation sites is 1. The van der Waals surface area contributed by atoms with Gasteiger partial charge in [-0.25, -0.2) is 9.36 Å². The predicted molar refractivity (Wildman–Crippen MR) is 120 cm³/mol. The minimum absolute atomic E-state index is 0.224. The van der Waals surface area contributed by atoms with Crippen LogP contribution in [0.4, 0.5) is 0 Å². The van der Waals surface area contributed by atoms with Gasteiger partial charge in [0.05, 0.1) is 19.3 Å². The van der Waals surface area contributed by atoms with Gasteiger partial charge in [0.2, 0.25) is 0 Å². The third-order valence-electron chi connectivity index (χ3n) is 5.39. The SMILES string of the molecule is COC(=O)C(C)NP(=O)(Oc1ccccc1)OC(C)C1OC(n2ccc(=O)[nH]c2=O)C(C)C1O. The van der Waals surface area contributed by atoms with Gasteiger partial charge in [-0.15, -0.1) is 0 Å². The normalized spacial score (nSPS) is 25.8. The zero-order valence-electron chi connectivity index (χ0n) is 19.1. The molecule has 0 spiro atoms. The number of ether oxygens (including phenoxy) is 2. The molecule has 7 atom stereocenters. The molecular formula is C21H28N3O9P. The van der Waals surface area contributed by atoms with Crippen molar-refractivity contribution in [1.29, 1.82) is 0 Å². The summed E-state index contributed by atoms with van der Waals surface area (Å²) in [5, 5.41) is 13.3. The first-order valence-corrected chi connectivity index (χ1v) is 12.1. The molecule has 0 radical (unpaired) electrons. The summed E-state index contributed by atoms with van der Waals surface area (Å²) in [7, 11) is -2.99. The summed E-state index contributed by atoms with van der Waals surface area (Å²) >= 11 is 0. The molecule has 0 aliphatic carbocycles. The van der Waals surface area contributed by atoms with E-state index in [4.69, 9.17) is 13.8 Å². The molecule has 7 unspecified atom stereocenters. The maximum absolute atomic E-state index is 13.6. The first-order valence-electron chi connectivity index (χ1n) is 10.6. The first kappa shape index (κ1) is 25.9. The number of aliphatic hydroxyl groups is 1. The molecule has 1 aromatic heterocycles. The molecular weight excluding hydrogens is 469 g/mol. The summed E-state index contributed by atoms with van der Waals surface area (Å²) in [5.41, 5.74) is -1.26. The summed E-state index contributed by atoms with van der Waals surface area (Å²) in [5.74, 6) is -1.03. The van der Waals surface area contributed by atoms with Crippen LogP contribution in [-0.2, 0) is 23.4 Å². The Morgan fingerprint density at radius 1 is 1.24 bits per heavy atom. The number of carbonyl (C=O) groups is 1. The van der Waals surface area contributed by atoms with E-state index in [9.17, 15) is 24.1 Å². The molecule has 2 heterocycles. The average molecular weight is 497 g/mol. The lowest BCUT2D eigenvalue weighted by Crippen LogP contribution is -2.39. The second-order valence-corrected chi connectivity index (χ2v) is 9.59. The van der Waals surface area contributed by atoms with Crippen LogP contribution in [0.2, 0.25) is 0 Å². The maximum Gasteiger partial charge on any atom is 0.459 e. The number of methoxy groups -OCH3 is 1. The van der Waals surface area contributed by atoms with E-state index < -0.39 is 61.5 Å². The van der Waals surface area contributed by atoms with Gasteiger partial charge < -0.3 is 19.1 Å². The number of rotatable bonds is 9. The molecule has 1 fully saturated rings. The fourth-order valence-electron chi connectivity index (χ4n) is 3.61. The number of esters is 1. The number of nitrogens with zero attached hydrogens (tertiary/aromatic N) is 1. The Kier molecular flexibility index (Phi) is 8.11. The largest absolute Gasteiger partial charge is 0.468 e. The Bertz CT molecular complexity index is 1150. The number of H-pyrrole nitrogens is 1. The third kappa shape index (κ3) is 5.83. The van der Waals surface area contributed by atoms with Crippen LogP contribution in [0.1, 0.15) is 27.0 Å². The van der Waals surface area contributed by atoms with E-state index in [1.54, 1.807) is 37.3 Å². The van der Waals surface area contributed by atoms with Crippen LogP contribution in [0.5, 0.6) is 5.75 Å². The fraction of sp³-hybridized carbons (Fsp3) is 0.476. The van der Waals surface area contributed by atoms with Gasteiger partial charge in [-0.1, -0.05) is 25.1 Å². The fourth-order valence-corrected chi connectivity index (χ4v) is 5.31. The van der Waals surface area contributed by atoms with Crippen molar-refractivity contribution in [3.8, 4) is 5.75 Å². The summed E-state index contributed by atoms with van der Waals surface area (Å²) in [4.78, 5) is 37.6. The molecule has 34 heavy (non-hydrogen) atoms. The van der Waals surface area contributed by atoms with E-state index in [0.717, 1.165) is 10.6 Å². The van der Waals surface area contributed by atoms with Crippen molar-refractivity contribution in [2.45, 2.75) is 51.4 Å². The standard InChI is InChI=1S/C21H28N3O9P/c1-12-17(26)18(31-19(12)24-11-10-16(25)22-21(24)28)14(3)32-34(29,23-13(2)20(27)30-4)33-15-8-6-5-7-9-15/h5-14,17-19,26H,1-4H3,(H,23,29)(H,22,25,28). The average Bonchev–Trinajstić information content (AvgIpc) is 3.08. The van der Waals surface area contributed by atoms with Crippen molar-refractivity contribution in [3.05, 3.63) is 63.4 Å². The molecule has 186 valence electrons. The lowest BCUT2D eigenvalue weighted by molar-refractivity contribution is -0.142. The van der Waals surface area contributed by atoms with Crippen LogP contribution in [0.3, 0.4) is 0 Å². The molecule has 12 nitrogen and oxygen atoms in total. The highest BCUT2D eigenvalue weighted by Crippen LogP contribution is 2.48. The Balaban J connectivity index is 1.82. The van der Waals surface area contributed by atoms with E-state index in [0.29, 0.717) is 0 Å². The highest BCUT2D eigenvalue weighted by molar-refractivity contribution is 7.52. The first-order chi connectivity index (χ1) is 16.0. The van der Waals surface area contributed by atoms with Gasteiger partial charge in [-0.3, -0.25) is 23.7 Å². The molecule has 0 saturated carbocycles. The molecule has 1 aromatic carbocycles. The number of aromatic nitrogens is 2. The minimum atomic E-state index is -4.19. The topological polar surface area (TPSA) is 158 Å². The molecule has 3 N–H and O–H groups in total. The van der Waals surface area contributed by atoms with E-state index in [1.807, 2.05) is 0 Å².